The monoisotopic (exact) mass is 328 g/mol. The molecule has 0 saturated carbocycles. The lowest BCUT2D eigenvalue weighted by atomic mass is 10.1. The number of carbonyl (C=O) groups excluding carboxylic acids is 2. The number of nitrogens with zero attached hydrogens (tertiary/aromatic N) is 2. The number of anilines is 2. The van der Waals surface area contributed by atoms with E-state index < -0.39 is 0 Å². The second kappa shape index (κ2) is 8.16. The first-order chi connectivity index (χ1) is 11.5. The number of Topliss-reactive ketones (excluding diaryl/α,β-unsaturated/α-hetero) is 1. The van der Waals surface area contributed by atoms with Crippen molar-refractivity contribution < 1.29 is 14.3 Å². The molecule has 2 N–H and O–H groups in total. The number of rotatable bonds is 7. The zero-order chi connectivity index (χ0) is 17.5. The van der Waals surface area contributed by atoms with Crippen molar-refractivity contribution in [3.63, 3.8) is 0 Å². The summed E-state index contributed by atoms with van der Waals surface area (Å²) in [6.45, 7) is 4.32. The molecule has 0 unspecified atom stereocenters. The molecule has 126 valence electrons. The number of ketones is 1. The number of amides is 1. The van der Waals surface area contributed by atoms with Crippen LogP contribution in [0.1, 0.15) is 33.5 Å². The molecule has 2 rings (SSSR count). The van der Waals surface area contributed by atoms with Crippen LogP contribution in [0.4, 0.5) is 11.6 Å². The van der Waals surface area contributed by atoms with E-state index in [0.29, 0.717) is 36.0 Å². The second-order valence-electron chi connectivity index (χ2n) is 5.23. The van der Waals surface area contributed by atoms with Gasteiger partial charge in [0.05, 0.1) is 6.61 Å². The molecule has 0 spiro atoms. The zero-order valence-electron chi connectivity index (χ0n) is 13.9. The largest absolute Gasteiger partial charge is 0.383 e. The molecule has 24 heavy (non-hydrogen) atoms. The van der Waals surface area contributed by atoms with Crippen molar-refractivity contribution in [2.45, 2.75) is 13.8 Å². The van der Waals surface area contributed by atoms with Crippen LogP contribution >= 0.6 is 0 Å². The van der Waals surface area contributed by atoms with Crippen LogP contribution < -0.4 is 10.6 Å². The van der Waals surface area contributed by atoms with Gasteiger partial charge in [-0.25, -0.2) is 9.97 Å². The lowest BCUT2D eigenvalue weighted by molar-refractivity contribution is 0.100. The van der Waals surface area contributed by atoms with Crippen LogP contribution in [0.5, 0.6) is 0 Å². The third-order valence-electron chi connectivity index (χ3n) is 3.20. The summed E-state index contributed by atoms with van der Waals surface area (Å²) >= 11 is 0. The molecule has 1 aromatic heterocycles. The van der Waals surface area contributed by atoms with E-state index in [1.807, 2.05) is 0 Å². The minimum absolute atomic E-state index is 0.0615. The average Bonchev–Trinajstić information content (AvgIpc) is 2.55. The Kier molecular flexibility index (Phi) is 5.97. The number of hydrogen-bond acceptors (Lipinski definition) is 6. The highest BCUT2D eigenvalue weighted by Crippen LogP contribution is 2.13. The fraction of sp³-hybridized carbons (Fsp3) is 0.294. The molecule has 2 aromatic rings. The molecule has 0 fully saturated rings. The van der Waals surface area contributed by atoms with Gasteiger partial charge in [0.15, 0.2) is 5.78 Å². The smallest absolute Gasteiger partial charge is 0.274 e. The van der Waals surface area contributed by atoms with Gasteiger partial charge in [-0.15, -0.1) is 0 Å². The number of ether oxygens (including phenoxy) is 1. The SMILES string of the molecule is COCCNc1nc(C)cc(C(=O)Nc2cccc(C(C)=O)c2)n1. The summed E-state index contributed by atoms with van der Waals surface area (Å²) in [6, 6.07) is 8.37. The Morgan fingerprint density at radius 2 is 2.00 bits per heavy atom. The fourth-order valence-electron chi connectivity index (χ4n) is 2.04. The van der Waals surface area contributed by atoms with Crippen LogP contribution in [0.2, 0.25) is 0 Å². The molecule has 0 aliphatic heterocycles. The molecule has 0 saturated heterocycles. The fourth-order valence-corrected chi connectivity index (χ4v) is 2.04. The summed E-state index contributed by atoms with van der Waals surface area (Å²) in [5.41, 5.74) is 2.00. The van der Waals surface area contributed by atoms with Crippen LogP contribution in [0.15, 0.2) is 30.3 Å². The van der Waals surface area contributed by atoms with Crippen LogP contribution in [0.25, 0.3) is 0 Å². The first-order valence-electron chi connectivity index (χ1n) is 7.50. The van der Waals surface area contributed by atoms with Crippen LogP contribution in [0.3, 0.4) is 0 Å². The summed E-state index contributed by atoms with van der Waals surface area (Å²) in [7, 11) is 1.60. The molecule has 0 radical (unpaired) electrons. The maximum absolute atomic E-state index is 12.4. The van der Waals surface area contributed by atoms with Crippen molar-refractivity contribution >= 4 is 23.3 Å². The van der Waals surface area contributed by atoms with E-state index in [1.54, 1.807) is 44.4 Å². The lowest BCUT2D eigenvalue weighted by Gasteiger charge is -2.09. The average molecular weight is 328 g/mol. The van der Waals surface area contributed by atoms with E-state index in [-0.39, 0.29) is 17.4 Å². The molecule has 0 bridgehead atoms. The highest BCUT2D eigenvalue weighted by molar-refractivity contribution is 6.04. The Hall–Kier alpha value is -2.80. The standard InChI is InChI=1S/C17H20N4O3/c1-11-9-15(21-17(19-11)18-7-8-24-3)16(23)20-14-6-4-5-13(10-14)12(2)22/h4-6,9-10H,7-8H2,1-3H3,(H,20,23)(H,18,19,21). The summed E-state index contributed by atoms with van der Waals surface area (Å²) in [5, 5.41) is 5.74. The number of hydrogen-bond donors (Lipinski definition) is 2. The van der Waals surface area contributed by atoms with Crippen molar-refractivity contribution in [1.82, 2.24) is 9.97 Å². The van der Waals surface area contributed by atoms with E-state index in [4.69, 9.17) is 4.74 Å². The summed E-state index contributed by atoms with van der Waals surface area (Å²) in [5.74, 6) is -0.0562. The zero-order valence-corrected chi connectivity index (χ0v) is 13.9. The molecule has 1 amide bonds. The molecule has 1 heterocycles. The maximum Gasteiger partial charge on any atom is 0.274 e. The van der Waals surface area contributed by atoms with E-state index in [0.717, 1.165) is 0 Å². The van der Waals surface area contributed by atoms with E-state index in [2.05, 4.69) is 20.6 Å². The van der Waals surface area contributed by atoms with Crippen molar-refractivity contribution in [3.05, 3.63) is 47.3 Å². The molecular weight excluding hydrogens is 308 g/mol. The van der Waals surface area contributed by atoms with Crippen molar-refractivity contribution in [3.8, 4) is 0 Å². The Balaban J connectivity index is 2.14. The maximum atomic E-state index is 12.4. The Morgan fingerprint density at radius 1 is 1.21 bits per heavy atom. The molecule has 0 atom stereocenters. The van der Waals surface area contributed by atoms with Crippen molar-refractivity contribution in [1.29, 1.82) is 0 Å². The number of methoxy groups -OCH3 is 1. The van der Waals surface area contributed by atoms with Crippen molar-refractivity contribution in [2.75, 3.05) is 30.9 Å². The van der Waals surface area contributed by atoms with Gasteiger partial charge in [-0.05, 0) is 32.0 Å². The van der Waals surface area contributed by atoms with Crippen LogP contribution in [0, 0.1) is 6.92 Å². The summed E-state index contributed by atoms with van der Waals surface area (Å²) in [4.78, 5) is 32.2. The van der Waals surface area contributed by atoms with Gasteiger partial charge in [0.25, 0.3) is 5.91 Å². The van der Waals surface area contributed by atoms with E-state index in [1.165, 1.54) is 6.92 Å². The summed E-state index contributed by atoms with van der Waals surface area (Å²) < 4.78 is 4.96. The molecule has 0 aliphatic rings. The predicted octanol–water partition coefficient (Wildman–Crippen LogP) is 2.30. The number of carbonyl (C=O) groups is 2. The molecule has 7 heteroatoms. The molecule has 7 nitrogen and oxygen atoms in total. The Morgan fingerprint density at radius 3 is 2.71 bits per heavy atom. The predicted molar refractivity (Wildman–Crippen MR) is 91.5 cm³/mol. The highest BCUT2D eigenvalue weighted by Gasteiger charge is 2.11. The molecule has 1 aromatic carbocycles. The van der Waals surface area contributed by atoms with E-state index in [9.17, 15) is 9.59 Å². The van der Waals surface area contributed by atoms with Crippen LogP contribution in [-0.2, 0) is 4.74 Å². The van der Waals surface area contributed by atoms with Gasteiger partial charge in [0, 0.05) is 30.6 Å². The number of aryl methyl sites for hydroxylation is 1. The Bertz CT molecular complexity index is 746. The molecule has 0 aliphatic carbocycles. The van der Waals surface area contributed by atoms with Crippen LogP contribution in [-0.4, -0.2) is 41.9 Å². The highest BCUT2D eigenvalue weighted by atomic mass is 16.5. The van der Waals surface area contributed by atoms with Gasteiger partial charge in [0.1, 0.15) is 5.69 Å². The van der Waals surface area contributed by atoms with Gasteiger partial charge in [-0.1, -0.05) is 12.1 Å². The normalized spacial score (nSPS) is 10.3. The second-order valence-corrected chi connectivity index (χ2v) is 5.23. The van der Waals surface area contributed by atoms with Gasteiger partial charge in [-0.2, -0.15) is 0 Å². The van der Waals surface area contributed by atoms with Crippen molar-refractivity contribution in [2.24, 2.45) is 0 Å². The number of benzene rings is 1. The first-order valence-corrected chi connectivity index (χ1v) is 7.50. The number of aromatic nitrogens is 2. The first kappa shape index (κ1) is 17.6. The van der Waals surface area contributed by atoms with Gasteiger partial charge in [0.2, 0.25) is 5.95 Å². The minimum atomic E-state index is -0.365. The summed E-state index contributed by atoms with van der Waals surface area (Å²) in [6.07, 6.45) is 0. The third-order valence-corrected chi connectivity index (χ3v) is 3.20. The number of nitrogens with one attached hydrogen (secondary N) is 2. The quantitative estimate of drug-likeness (QED) is 0.598. The minimum Gasteiger partial charge on any atom is -0.383 e. The van der Waals surface area contributed by atoms with Gasteiger partial charge >= 0.3 is 0 Å². The van der Waals surface area contributed by atoms with E-state index >= 15 is 0 Å². The van der Waals surface area contributed by atoms with Gasteiger partial charge in [-0.3, -0.25) is 9.59 Å². The topological polar surface area (TPSA) is 93.2 Å². The third kappa shape index (κ3) is 4.85. The molecular formula is C17H20N4O3. The van der Waals surface area contributed by atoms with Gasteiger partial charge < -0.3 is 15.4 Å². The lowest BCUT2D eigenvalue weighted by Crippen LogP contribution is -2.17. The Labute approximate surface area is 140 Å².